The van der Waals surface area contributed by atoms with Gasteiger partial charge in [0.1, 0.15) is 12.5 Å². The van der Waals surface area contributed by atoms with Gasteiger partial charge in [-0.05, 0) is 61.0 Å². The molecule has 2 rings (SSSR count). The summed E-state index contributed by atoms with van der Waals surface area (Å²) in [6.07, 6.45) is -0.555. The number of halogens is 1. The molecule has 0 fully saturated rings. The molecule has 33 heavy (non-hydrogen) atoms. The Morgan fingerprint density at radius 3 is 2.27 bits per heavy atom. The van der Waals surface area contributed by atoms with Crippen molar-refractivity contribution in [1.82, 2.24) is 0 Å². The van der Waals surface area contributed by atoms with Crippen LogP contribution in [0.2, 0.25) is 18.1 Å². The molecule has 6 nitrogen and oxygen atoms in total. The van der Waals surface area contributed by atoms with Crippen LogP contribution < -0.4 is 4.90 Å². The lowest BCUT2D eigenvalue weighted by molar-refractivity contribution is -0.143. The van der Waals surface area contributed by atoms with Crippen molar-refractivity contribution in [1.29, 1.82) is 5.26 Å². The Balaban J connectivity index is 2.45. The molecule has 0 N–H and O–H groups in total. The van der Waals surface area contributed by atoms with E-state index in [1.165, 1.54) is 12.0 Å². The molecule has 0 aliphatic rings. The second kappa shape index (κ2) is 10.6. The number of methoxy groups -OCH3 is 1. The van der Waals surface area contributed by atoms with Crippen LogP contribution in [0.15, 0.2) is 46.9 Å². The first-order chi connectivity index (χ1) is 15.3. The van der Waals surface area contributed by atoms with Gasteiger partial charge < -0.3 is 9.16 Å². The van der Waals surface area contributed by atoms with Gasteiger partial charge in [0.05, 0.1) is 24.5 Å². The lowest BCUT2D eigenvalue weighted by Gasteiger charge is -2.38. The van der Waals surface area contributed by atoms with Gasteiger partial charge in [-0.2, -0.15) is 5.26 Å². The molecular formula is C25H31BrN2O4Si. The Kier molecular flexibility index (Phi) is 8.63. The first kappa shape index (κ1) is 26.8. The van der Waals surface area contributed by atoms with Gasteiger partial charge in [0.15, 0.2) is 8.32 Å². The van der Waals surface area contributed by atoms with Gasteiger partial charge in [-0.15, -0.1) is 0 Å². The average Bonchev–Trinajstić information content (AvgIpc) is 2.73. The van der Waals surface area contributed by atoms with E-state index < -0.39 is 26.6 Å². The van der Waals surface area contributed by atoms with Gasteiger partial charge in [-0.25, -0.2) is 0 Å². The Morgan fingerprint density at radius 2 is 1.76 bits per heavy atom. The summed E-state index contributed by atoms with van der Waals surface area (Å²) in [7, 11) is -0.721. The van der Waals surface area contributed by atoms with Crippen molar-refractivity contribution in [3.8, 4) is 6.07 Å². The summed E-state index contributed by atoms with van der Waals surface area (Å²) in [6.45, 7) is 13.0. The van der Waals surface area contributed by atoms with Gasteiger partial charge in [0, 0.05) is 10.2 Å². The van der Waals surface area contributed by atoms with Gasteiger partial charge in [-0.1, -0.05) is 48.8 Å². The number of hydrogen-bond donors (Lipinski definition) is 0. The molecule has 0 aromatic heterocycles. The van der Waals surface area contributed by atoms with Crippen LogP contribution in [0.25, 0.3) is 0 Å². The summed E-state index contributed by atoms with van der Waals surface area (Å²) < 4.78 is 11.9. The van der Waals surface area contributed by atoms with E-state index in [2.05, 4.69) is 60.6 Å². The fourth-order valence-corrected chi connectivity index (χ4v) is 4.78. The lowest BCUT2D eigenvalue weighted by Crippen LogP contribution is -2.41. The molecule has 1 amide bonds. The van der Waals surface area contributed by atoms with Gasteiger partial charge >= 0.3 is 5.97 Å². The van der Waals surface area contributed by atoms with Crippen LogP contribution in [0.1, 0.15) is 51.3 Å². The van der Waals surface area contributed by atoms with E-state index >= 15 is 0 Å². The summed E-state index contributed by atoms with van der Waals surface area (Å²) in [5.74, 6) is -1.14. The van der Waals surface area contributed by atoms with Crippen LogP contribution in [0, 0.1) is 11.3 Å². The largest absolute Gasteiger partial charge is 0.469 e. The molecule has 0 aliphatic carbocycles. The van der Waals surface area contributed by atoms with Gasteiger partial charge in [-0.3, -0.25) is 14.5 Å². The molecule has 0 heterocycles. The Labute approximate surface area is 205 Å². The number of nitrogens with zero attached hydrogens (tertiary/aromatic N) is 2. The number of carbonyl (C=O) groups is 2. The highest BCUT2D eigenvalue weighted by atomic mass is 79.9. The summed E-state index contributed by atoms with van der Waals surface area (Å²) in [5, 5.41) is 9.69. The molecule has 0 saturated heterocycles. The highest BCUT2D eigenvalue weighted by Crippen LogP contribution is 2.40. The molecule has 0 radical (unpaired) electrons. The third-order valence-electron chi connectivity index (χ3n) is 5.99. The number of esters is 1. The van der Waals surface area contributed by atoms with E-state index in [-0.39, 0.29) is 11.1 Å². The predicted molar refractivity (Wildman–Crippen MR) is 136 cm³/mol. The highest BCUT2D eigenvalue weighted by Gasteiger charge is 2.38. The number of rotatable bonds is 7. The summed E-state index contributed by atoms with van der Waals surface area (Å²) in [6, 6.07) is 14.6. The van der Waals surface area contributed by atoms with Crippen LogP contribution in [0.3, 0.4) is 0 Å². The van der Waals surface area contributed by atoms with E-state index in [0.717, 1.165) is 5.56 Å². The molecule has 8 heteroatoms. The molecule has 2 aromatic carbocycles. The fourth-order valence-electron chi connectivity index (χ4n) is 3.06. The van der Waals surface area contributed by atoms with E-state index in [4.69, 9.17) is 4.43 Å². The standard InChI is InChI=1S/C25H31BrN2O4Si/c1-17(32-33(6,7)25(2,3)4)18-9-12-21(13-10-18)28(23(29)15-24(30)31-5)22-14-20(26)11-8-19(22)16-27/h8-14,17H,15H2,1-7H3/t17-/m1/s1. The first-order valence-electron chi connectivity index (χ1n) is 10.7. The molecule has 176 valence electrons. The van der Waals surface area contributed by atoms with Crippen LogP contribution >= 0.6 is 15.9 Å². The average molecular weight is 532 g/mol. The molecular weight excluding hydrogens is 500 g/mol. The maximum atomic E-state index is 13.1. The Morgan fingerprint density at radius 1 is 1.15 bits per heavy atom. The van der Waals surface area contributed by atoms with Gasteiger partial charge in [0.25, 0.3) is 0 Å². The minimum Gasteiger partial charge on any atom is -0.469 e. The Bertz CT molecular complexity index is 1060. The zero-order valence-electron chi connectivity index (χ0n) is 20.2. The topological polar surface area (TPSA) is 79.6 Å². The molecule has 2 aromatic rings. The maximum Gasteiger partial charge on any atom is 0.315 e. The summed E-state index contributed by atoms with van der Waals surface area (Å²) in [5.41, 5.74) is 2.23. The number of benzene rings is 2. The van der Waals surface area contributed by atoms with Crippen molar-refractivity contribution in [2.45, 2.75) is 58.4 Å². The summed E-state index contributed by atoms with van der Waals surface area (Å²) in [4.78, 5) is 26.3. The van der Waals surface area contributed by atoms with Crippen LogP contribution in [0.5, 0.6) is 0 Å². The van der Waals surface area contributed by atoms with Crippen LogP contribution in [-0.2, 0) is 18.8 Å². The number of amides is 1. The van der Waals surface area contributed by atoms with Gasteiger partial charge in [0.2, 0.25) is 5.91 Å². The van der Waals surface area contributed by atoms with Crippen molar-refractivity contribution in [2.24, 2.45) is 0 Å². The van der Waals surface area contributed by atoms with Crippen molar-refractivity contribution >= 4 is 47.5 Å². The highest BCUT2D eigenvalue weighted by molar-refractivity contribution is 9.10. The zero-order chi connectivity index (χ0) is 25.0. The number of ether oxygens (including phenoxy) is 1. The Hall–Kier alpha value is -2.47. The van der Waals surface area contributed by atoms with E-state index in [1.54, 1.807) is 30.3 Å². The molecule has 0 aliphatic heterocycles. The maximum absolute atomic E-state index is 13.1. The number of hydrogen-bond acceptors (Lipinski definition) is 5. The zero-order valence-corrected chi connectivity index (χ0v) is 22.8. The van der Waals surface area contributed by atoms with E-state index in [9.17, 15) is 14.9 Å². The minimum absolute atomic E-state index is 0.0900. The van der Waals surface area contributed by atoms with Crippen molar-refractivity contribution < 1.29 is 18.8 Å². The monoisotopic (exact) mass is 530 g/mol. The van der Waals surface area contributed by atoms with Crippen molar-refractivity contribution in [3.63, 3.8) is 0 Å². The number of anilines is 2. The predicted octanol–water partition coefficient (Wildman–Crippen LogP) is 6.63. The minimum atomic E-state index is -1.96. The molecule has 0 unspecified atom stereocenters. The summed E-state index contributed by atoms with van der Waals surface area (Å²) >= 11 is 3.40. The fraction of sp³-hybridized carbons (Fsp3) is 0.400. The van der Waals surface area contributed by atoms with E-state index in [0.29, 0.717) is 21.4 Å². The number of nitriles is 1. The van der Waals surface area contributed by atoms with E-state index in [1.807, 2.05) is 19.1 Å². The van der Waals surface area contributed by atoms with Crippen LogP contribution in [0.4, 0.5) is 11.4 Å². The third kappa shape index (κ3) is 6.53. The molecule has 1 atom stereocenters. The quantitative estimate of drug-likeness (QED) is 0.228. The number of carbonyl (C=O) groups excluding carboxylic acids is 2. The lowest BCUT2D eigenvalue weighted by atomic mass is 10.1. The second-order valence-electron chi connectivity index (χ2n) is 9.37. The molecule has 0 bridgehead atoms. The normalized spacial score (nSPS) is 12.6. The first-order valence-corrected chi connectivity index (χ1v) is 14.4. The molecule has 0 spiro atoms. The van der Waals surface area contributed by atoms with Crippen molar-refractivity contribution in [3.05, 3.63) is 58.1 Å². The second-order valence-corrected chi connectivity index (χ2v) is 15.0. The smallest absolute Gasteiger partial charge is 0.315 e. The SMILES string of the molecule is COC(=O)CC(=O)N(c1ccc([C@@H](C)O[Si](C)(C)C(C)(C)C)cc1)c1cc(Br)ccc1C#N. The third-order valence-corrected chi connectivity index (χ3v) is 11.0. The van der Waals surface area contributed by atoms with Crippen LogP contribution in [-0.4, -0.2) is 27.3 Å². The molecule has 0 saturated carbocycles. The van der Waals surface area contributed by atoms with Crippen molar-refractivity contribution in [2.75, 3.05) is 12.0 Å².